The lowest BCUT2D eigenvalue weighted by Crippen LogP contribution is -2.40. The van der Waals surface area contributed by atoms with Crippen molar-refractivity contribution in [2.24, 2.45) is 0 Å². The average molecular weight is 341 g/mol. The monoisotopic (exact) mass is 341 g/mol. The fourth-order valence-electron chi connectivity index (χ4n) is 3.26. The molecule has 24 heavy (non-hydrogen) atoms. The highest BCUT2D eigenvalue weighted by Crippen LogP contribution is 2.08. The van der Waals surface area contributed by atoms with Crippen LogP contribution < -0.4 is 0 Å². The predicted octanol–water partition coefficient (Wildman–Crippen LogP) is 1.75. The van der Waals surface area contributed by atoms with Crippen molar-refractivity contribution in [3.8, 4) is 0 Å². The van der Waals surface area contributed by atoms with Crippen LogP contribution in [0.4, 0.5) is 8.78 Å². The fourth-order valence-corrected chi connectivity index (χ4v) is 3.26. The minimum atomic E-state index is -2.27. The van der Waals surface area contributed by atoms with E-state index in [0.29, 0.717) is 26.2 Å². The smallest absolute Gasteiger partial charge is 0.251 e. The molecular formula is C18H29F2N3O. The average Bonchev–Trinajstić information content (AvgIpc) is 2.73. The second kappa shape index (κ2) is 10.0. The molecule has 1 atom stereocenters. The number of halogens is 2. The zero-order valence-corrected chi connectivity index (χ0v) is 14.5. The lowest BCUT2D eigenvalue weighted by molar-refractivity contribution is 0.0751. The van der Waals surface area contributed by atoms with Gasteiger partial charge in [-0.3, -0.25) is 14.7 Å². The Bertz CT molecular complexity index is 461. The Morgan fingerprint density at radius 3 is 2.29 bits per heavy atom. The summed E-state index contributed by atoms with van der Waals surface area (Å²) in [4.78, 5) is 6.12. The van der Waals surface area contributed by atoms with Crippen molar-refractivity contribution < 1.29 is 13.9 Å². The van der Waals surface area contributed by atoms with Crippen molar-refractivity contribution >= 4 is 0 Å². The van der Waals surface area contributed by atoms with Gasteiger partial charge >= 0.3 is 0 Å². The zero-order valence-electron chi connectivity index (χ0n) is 14.5. The first-order chi connectivity index (χ1) is 11.5. The largest absolute Gasteiger partial charge is 0.390 e. The molecule has 136 valence electrons. The van der Waals surface area contributed by atoms with Crippen LogP contribution in [0.1, 0.15) is 12.0 Å². The Morgan fingerprint density at radius 1 is 1.04 bits per heavy atom. The lowest BCUT2D eigenvalue weighted by atomic mass is 10.2. The Balaban J connectivity index is 1.70. The van der Waals surface area contributed by atoms with Crippen LogP contribution in [0.5, 0.6) is 0 Å². The number of benzene rings is 1. The molecule has 0 aliphatic carbocycles. The molecule has 1 N–H and O–H groups in total. The van der Waals surface area contributed by atoms with Crippen molar-refractivity contribution in [3.05, 3.63) is 35.9 Å². The Kier molecular flexibility index (Phi) is 8.05. The Hall–Kier alpha value is -1.08. The molecule has 0 spiro atoms. The Labute approximate surface area is 143 Å². The van der Waals surface area contributed by atoms with Crippen LogP contribution in [0.15, 0.2) is 30.3 Å². The second-order valence-corrected chi connectivity index (χ2v) is 6.68. The maximum atomic E-state index is 12.5. The highest BCUT2D eigenvalue weighted by Gasteiger charge is 2.20. The van der Waals surface area contributed by atoms with E-state index >= 15 is 0 Å². The van der Waals surface area contributed by atoms with E-state index in [1.54, 1.807) is 0 Å². The molecule has 6 heteroatoms. The van der Waals surface area contributed by atoms with Crippen LogP contribution in [-0.4, -0.2) is 85.2 Å². The molecule has 1 aromatic carbocycles. The molecule has 0 amide bonds. The van der Waals surface area contributed by atoms with Crippen LogP contribution in [0, 0.1) is 0 Å². The van der Waals surface area contributed by atoms with Crippen LogP contribution >= 0.6 is 0 Å². The number of aliphatic hydroxyl groups excluding tert-OH is 1. The molecule has 0 bridgehead atoms. The van der Waals surface area contributed by atoms with Gasteiger partial charge in [0.25, 0.3) is 6.43 Å². The van der Waals surface area contributed by atoms with Crippen molar-refractivity contribution in [1.29, 1.82) is 0 Å². The van der Waals surface area contributed by atoms with Crippen LogP contribution in [0.2, 0.25) is 0 Å². The highest BCUT2D eigenvalue weighted by atomic mass is 19.3. The van der Waals surface area contributed by atoms with Gasteiger partial charge < -0.3 is 5.11 Å². The van der Waals surface area contributed by atoms with Gasteiger partial charge in [0.2, 0.25) is 0 Å². The van der Waals surface area contributed by atoms with Gasteiger partial charge in [0.1, 0.15) is 0 Å². The maximum absolute atomic E-state index is 12.5. The molecule has 1 unspecified atom stereocenters. The van der Waals surface area contributed by atoms with Crippen LogP contribution in [0.3, 0.4) is 0 Å². The number of alkyl halides is 2. The number of rotatable bonds is 8. The first-order valence-electron chi connectivity index (χ1n) is 8.66. The van der Waals surface area contributed by atoms with E-state index in [0.717, 1.165) is 26.1 Å². The molecular weight excluding hydrogens is 312 g/mol. The first kappa shape index (κ1) is 19.2. The van der Waals surface area contributed by atoms with E-state index in [1.165, 1.54) is 5.56 Å². The minimum Gasteiger partial charge on any atom is -0.390 e. The van der Waals surface area contributed by atoms with E-state index in [4.69, 9.17) is 0 Å². The summed E-state index contributed by atoms with van der Waals surface area (Å²) in [5.41, 5.74) is 1.23. The topological polar surface area (TPSA) is 30.0 Å². The standard InChI is InChI=1S/C18H29F2N3O/c1-21(12-16-6-3-2-4-7-16)13-17(24)14-22-8-5-9-23(11-10-22)15-18(19)20/h2-4,6-7,17-18,24H,5,8-15H2,1H3. The third-order valence-corrected chi connectivity index (χ3v) is 4.36. The number of aliphatic hydroxyl groups is 1. The third-order valence-electron chi connectivity index (χ3n) is 4.36. The summed E-state index contributed by atoms with van der Waals surface area (Å²) in [6.45, 7) is 4.83. The van der Waals surface area contributed by atoms with Crippen molar-refractivity contribution in [3.63, 3.8) is 0 Å². The molecule has 1 aliphatic rings. The van der Waals surface area contributed by atoms with Gasteiger partial charge in [0.05, 0.1) is 12.6 Å². The molecule has 0 radical (unpaired) electrons. The molecule has 1 heterocycles. The van der Waals surface area contributed by atoms with E-state index in [2.05, 4.69) is 21.9 Å². The summed E-state index contributed by atoms with van der Waals surface area (Å²) >= 11 is 0. The van der Waals surface area contributed by atoms with Crippen molar-refractivity contribution in [1.82, 2.24) is 14.7 Å². The molecule has 1 aromatic rings. The molecule has 1 fully saturated rings. The Morgan fingerprint density at radius 2 is 1.67 bits per heavy atom. The van der Waals surface area contributed by atoms with Crippen LogP contribution in [-0.2, 0) is 6.54 Å². The van der Waals surface area contributed by atoms with E-state index in [9.17, 15) is 13.9 Å². The minimum absolute atomic E-state index is 0.143. The molecule has 0 aromatic heterocycles. The summed E-state index contributed by atoms with van der Waals surface area (Å²) < 4.78 is 25.0. The number of hydrogen-bond donors (Lipinski definition) is 1. The number of β-amino-alcohol motifs (C(OH)–C–C–N with tert-alkyl or cyclic N) is 1. The van der Waals surface area contributed by atoms with E-state index in [1.807, 2.05) is 30.1 Å². The summed E-state index contributed by atoms with van der Waals surface area (Å²) in [7, 11) is 2.00. The van der Waals surface area contributed by atoms with Gasteiger partial charge in [-0.05, 0) is 32.1 Å². The quantitative estimate of drug-likeness (QED) is 0.780. The highest BCUT2D eigenvalue weighted by molar-refractivity contribution is 5.14. The van der Waals surface area contributed by atoms with Gasteiger partial charge in [-0.1, -0.05) is 30.3 Å². The second-order valence-electron chi connectivity index (χ2n) is 6.68. The SMILES string of the molecule is CN(Cc1ccccc1)CC(O)CN1CCCN(CC(F)F)CC1. The van der Waals surface area contributed by atoms with Crippen molar-refractivity contribution in [2.75, 3.05) is 52.9 Å². The molecule has 4 nitrogen and oxygen atoms in total. The van der Waals surface area contributed by atoms with Gasteiger partial charge in [-0.2, -0.15) is 0 Å². The summed E-state index contributed by atoms with van der Waals surface area (Å²) in [6, 6.07) is 10.2. The molecule has 1 aliphatic heterocycles. The van der Waals surface area contributed by atoms with E-state index < -0.39 is 12.5 Å². The third kappa shape index (κ3) is 7.21. The first-order valence-corrected chi connectivity index (χ1v) is 8.66. The lowest BCUT2D eigenvalue weighted by Gasteiger charge is -2.26. The summed E-state index contributed by atoms with van der Waals surface area (Å²) in [5, 5.41) is 10.3. The summed E-state index contributed by atoms with van der Waals surface area (Å²) in [6.07, 6.45) is -1.83. The van der Waals surface area contributed by atoms with E-state index in [-0.39, 0.29) is 6.54 Å². The molecule has 2 rings (SSSR count). The predicted molar refractivity (Wildman–Crippen MR) is 92.3 cm³/mol. The zero-order chi connectivity index (χ0) is 17.4. The van der Waals surface area contributed by atoms with Gasteiger partial charge in [-0.25, -0.2) is 8.78 Å². The normalized spacial score (nSPS) is 18.9. The van der Waals surface area contributed by atoms with Crippen LogP contribution in [0.25, 0.3) is 0 Å². The number of nitrogens with zero attached hydrogens (tertiary/aromatic N) is 3. The summed E-state index contributed by atoms with van der Waals surface area (Å²) in [5.74, 6) is 0. The van der Waals surface area contributed by atoms with Crippen molar-refractivity contribution in [2.45, 2.75) is 25.5 Å². The molecule has 1 saturated heterocycles. The van der Waals surface area contributed by atoms with Gasteiger partial charge in [0, 0.05) is 32.7 Å². The number of hydrogen-bond acceptors (Lipinski definition) is 4. The maximum Gasteiger partial charge on any atom is 0.251 e. The number of likely N-dealkylation sites (N-methyl/N-ethyl adjacent to an activating group) is 1. The fraction of sp³-hybridized carbons (Fsp3) is 0.667. The van der Waals surface area contributed by atoms with Gasteiger partial charge in [-0.15, -0.1) is 0 Å². The van der Waals surface area contributed by atoms with Gasteiger partial charge in [0.15, 0.2) is 0 Å². The molecule has 0 saturated carbocycles.